The molecule has 6 heteroatoms. The highest BCUT2D eigenvalue weighted by Gasteiger charge is 2.32. The number of nitrogens with zero attached hydrogens (tertiary/aromatic N) is 4. The van der Waals surface area contributed by atoms with Gasteiger partial charge in [-0.25, -0.2) is 4.98 Å². The summed E-state index contributed by atoms with van der Waals surface area (Å²) in [5.74, 6) is 0.629. The quantitative estimate of drug-likeness (QED) is 0.858. The lowest BCUT2D eigenvalue weighted by atomic mass is 10.00. The molecule has 2 aromatic heterocycles. The third kappa shape index (κ3) is 2.40. The molecule has 1 saturated heterocycles. The summed E-state index contributed by atoms with van der Waals surface area (Å²) in [4.78, 5) is 19.0. The van der Waals surface area contributed by atoms with E-state index in [1.54, 1.807) is 5.51 Å². The monoisotopic (exact) mass is 276 g/mol. The van der Waals surface area contributed by atoms with E-state index in [0.29, 0.717) is 5.92 Å². The molecule has 5 nitrogen and oxygen atoms in total. The van der Waals surface area contributed by atoms with Crippen molar-refractivity contribution in [3.63, 3.8) is 0 Å². The van der Waals surface area contributed by atoms with Crippen LogP contribution in [0.2, 0.25) is 0 Å². The van der Waals surface area contributed by atoms with Gasteiger partial charge >= 0.3 is 0 Å². The minimum absolute atomic E-state index is 0.118. The average molecular weight is 276 g/mol. The molecule has 1 fully saturated rings. The van der Waals surface area contributed by atoms with Crippen LogP contribution in [0, 0.1) is 19.8 Å². The van der Waals surface area contributed by atoms with E-state index >= 15 is 0 Å². The van der Waals surface area contributed by atoms with E-state index in [2.05, 4.69) is 10.1 Å². The fourth-order valence-electron chi connectivity index (χ4n) is 2.33. The molecule has 1 aliphatic rings. The zero-order valence-corrected chi connectivity index (χ0v) is 11.9. The first-order valence-corrected chi connectivity index (χ1v) is 7.20. The van der Waals surface area contributed by atoms with E-state index in [-0.39, 0.29) is 5.91 Å². The van der Waals surface area contributed by atoms with Gasteiger partial charge in [0.15, 0.2) is 0 Å². The number of aromatic nitrogens is 3. The second-order valence-electron chi connectivity index (χ2n) is 5.08. The van der Waals surface area contributed by atoms with Gasteiger partial charge in [0.25, 0.3) is 5.91 Å². The Kier molecular flexibility index (Phi) is 3.10. The van der Waals surface area contributed by atoms with Crippen LogP contribution >= 0.6 is 11.3 Å². The first kappa shape index (κ1) is 12.3. The lowest BCUT2D eigenvalue weighted by molar-refractivity contribution is 0.0465. The number of rotatable bonds is 3. The normalized spacial score (nSPS) is 15.6. The first-order valence-electron chi connectivity index (χ1n) is 6.32. The molecule has 3 rings (SSSR count). The maximum atomic E-state index is 12.2. The predicted molar refractivity (Wildman–Crippen MR) is 73.2 cm³/mol. The Balaban J connectivity index is 1.55. The fourth-order valence-corrected chi connectivity index (χ4v) is 3.10. The smallest absolute Gasteiger partial charge is 0.265 e. The number of likely N-dealkylation sites (tertiary alicyclic amines) is 1. The van der Waals surface area contributed by atoms with Gasteiger partial charge in [-0.05, 0) is 19.4 Å². The van der Waals surface area contributed by atoms with Gasteiger partial charge in [-0.2, -0.15) is 5.10 Å². The van der Waals surface area contributed by atoms with Crippen molar-refractivity contribution in [3.05, 3.63) is 34.0 Å². The molecule has 0 aliphatic carbocycles. The molecule has 2 aromatic rings. The standard InChI is InChI=1S/C13H16N4OS/c1-9-3-15-17(4-9)7-11-5-16(6-11)13(18)12-10(2)14-8-19-12/h3-4,8,11H,5-7H2,1-2H3. The molecule has 3 heterocycles. The summed E-state index contributed by atoms with van der Waals surface area (Å²) in [6.45, 7) is 6.43. The van der Waals surface area contributed by atoms with Gasteiger partial charge in [-0.15, -0.1) is 11.3 Å². The molecule has 0 radical (unpaired) electrons. The third-order valence-electron chi connectivity index (χ3n) is 3.39. The average Bonchev–Trinajstić information content (AvgIpc) is 2.91. The van der Waals surface area contributed by atoms with Gasteiger partial charge in [0.05, 0.1) is 17.4 Å². The summed E-state index contributed by atoms with van der Waals surface area (Å²) >= 11 is 1.42. The molecule has 0 atom stereocenters. The number of hydrogen-bond acceptors (Lipinski definition) is 4. The predicted octanol–water partition coefficient (Wildman–Crippen LogP) is 1.73. The van der Waals surface area contributed by atoms with Crippen LogP contribution in [0.25, 0.3) is 0 Å². The van der Waals surface area contributed by atoms with Gasteiger partial charge in [-0.3, -0.25) is 9.48 Å². The molecule has 1 amide bonds. The van der Waals surface area contributed by atoms with Crippen LogP contribution in [-0.2, 0) is 6.54 Å². The molecule has 1 aliphatic heterocycles. The number of aryl methyl sites for hydroxylation is 2. The number of carbonyl (C=O) groups is 1. The van der Waals surface area contributed by atoms with Crippen molar-refractivity contribution < 1.29 is 4.79 Å². The van der Waals surface area contributed by atoms with Crippen molar-refractivity contribution in [2.45, 2.75) is 20.4 Å². The van der Waals surface area contributed by atoms with Gasteiger partial charge < -0.3 is 4.90 Å². The Morgan fingerprint density at radius 1 is 1.47 bits per heavy atom. The summed E-state index contributed by atoms with van der Waals surface area (Å²) in [5.41, 5.74) is 3.74. The number of thiazole rings is 1. The van der Waals surface area contributed by atoms with Gasteiger partial charge in [0.1, 0.15) is 4.88 Å². The van der Waals surface area contributed by atoms with Crippen molar-refractivity contribution in [2.75, 3.05) is 13.1 Å². The molecular weight excluding hydrogens is 260 g/mol. The summed E-state index contributed by atoms with van der Waals surface area (Å²) < 4.78 is 1.96. The van der Waals surface area contributed by atoms with E-state index in [1.807, 2.05) is 35.8 Å². The highest BCUT2D eigenvalue weighted by Crippen LogP contribution is 2.23. The largest absolute Gasteiger partial charge is 0.337 e. The molecule has 0 aromatic carbocycles. The maximum Gasteiger partial charge on any atom is 0.265 e. The van der Waals surface area contributed by atoms with Crippen molar-refractivity contribution in [3.8, 4) is 0 Å². The van der Waals surface area contributed by atoms with Crippen LogP contribution in [0.1, 0.15) is 20.9 Å². The topological polar surface area (TPSA) is 51.0 Å². The van der Waals surface area contributed by atoms with Crippen LogP contribution in [0.4, 0.5) is 0 Å². The highest BCUT2D eigenvalue weighted by molar-refractivity contribution is 7.11. The van der Waals surface area contributed by atoms with Crippen molar-refractivity contribution >= 4 is 17.2 Å². The van der Waals surface area contributed by atoms with E-state index in [4.69, 9.17) is 0 Å². The highest BCUT2D eigenvalue weighted by atomic mass is 32.1. The molecule has 100 valence electrons. The van der Waals surface area contributed by atoms with Crippen LogP contribution in [-0.4, -0.2) is 38.7 Å². The first-order chi connectivity index (χ1) is 9.13. The fraction of sp³-hybridized carbons (Fsp3) is 0.462. The summed E-state index contributed by atoms with van der Waals surface area (Å²) in [6, 6.07) is 0. The lowest BCUT2D eigenvalue weighted by Gasteiger charge is -2.39. The van der Waals surface area contributed by atoms with Crippen molar-refractivity contribution in [1.82, 2.24) is 19.7 Å². The molecule has 0 N–H and O–H groups in total. The zero-order chi connectivity index (χ0) is 13.4. The third-order valence-corrected chi connectivity index (χ3v) is 4.31. The van der Waals surface area contributed by atoms with Gasteiger partial charge in [0, 0.05) is 31.7 Å². The van der Waals surface area contributed by atoms with Crippen LogP contribution in [0.3, 0.4) is 0 Å². The number of carbonyl (C=O) groups excluding carboxylic acids is 1. The maximum absolute atomic E-state index is 12.2. The molecule has 0 saturated carbocycles. The zero-order valence-electron chi connectivity index (χ0n) is 11.0. The Bertz CT molecular complexity index is 597. The van der Waals surface area contributed by atoms with E-state index in [9.17, 15) is 4.79 Å². The number of hydrogen-bond donors (Lipinski definition) is 0. The Morgan fingerprint density at radius 2 is 2.26 bits per heavy atom. The van der Waals surface area contributed by atoms with E-state index in [0.717, 1.165) is 30.2 Å². The summed E-state index contributed by atoms with van der Waals surface area (Å²) in [6.07, 6.45) is 3.90. The molecule has 0 bridgehead atoms. The van der Waals surface area contributed by atoms with Crippen LogP contribution in [0.5, 0.6) is 0 Å². The second-order valence-corrected chi connectivity index (χ2v) is 5.94. The lowest BCUT2D eigenvalue weighted by Crippen LogP contribution is -2.51. The number of amides is 1. The van der Waals surface area contributed by atoms with E-state index in [1.165, 1.54) is 16.9 Å². The molecule has 19 heavy (non-hydrogen) atoms. The minimum atomic E-state index is 0.118. The summed E-state index contributed by atoms with van der Waals surface area (Å²) in [5, 5.41) is 4.28. The van der Waals surface area contributed by atoms with Crippen molar-refractivity contribution in [2.24, 2.45) is 5.92 Å². The molecule has 0 spiro atoms. The van der Waals surface area contributed by atoms with Gasteiger partial charge in [-0.1, -0.05) is 0 Å². The Hall–Kier alpha value is -1.69. The molecular formula is C13H16N4OS. The second kappa shape index (κ2) is 4.77. The minimum Gasteiger partial charge on any atom is -0.337 e. The molecule has 0 unspecified atom stereocenters. The van der Waals surface area contributed by atoms with Crippen molar-refractivity contribution in [1.29, 1.82) is 0 Å². The van der Waals surface area contributed by atoms with Crippen LogP contribution < -0.4 is 0 Å². The van der Waals surface area contributed by atoms with E-state index < -0.39 is 0 Å². The Labute approximate surface area is 115 Å². The summed E-state index contributed by atoms with van der Waals surface area (Å²) in [7, 11) is 0. The van der Waals surface area contributed by atoms with Crippen LogP contribution in [0.15, 0.2) is 17.9 Å². The Morgan fingerprint density at radius 3 is 2.84 bits per heavy atom. The SMILES string of the molecule is Cc1cnn(CC2CN(C(=O)c3scnc3C)C2)c1. The van der Waals surface area contributed by atoms with Gasteiger partial charge in [0.2, 0.25) is 0 Å².